The van der Waals surface area contributed by atoms with Crippen LogP contribution in [-0.4, -0.2) is 47.0 Å². The van der Waals surface area contributed by atoms with Crippen molar-refractivity contribution in [1.29, 1.82) is 0 Å². The van der Waals surface area contributed by atoms with Gasteiger partial charge in [-0.25, -0.2) is 18.4 Å². The number of nitrogens with zero attached hydrogens (tertiary/aromatic N) is 3. The van der Waals surface area contributed by atoms with Crippen LogP contribution in [0.25, 0.3) is 0 Å². The van der Waals surface area contributed by atoms with Crippen molar-refractivity contribution in [2.45, 2.75) is 24.3 Å². The third-order valence-corrected chi connectivity index (χ3v) is 4.99. The quantitative estimate of drug-likeness (QED) is 0.747. The number of anilines is 1. The lowest BCUT2D eigenvalue weighted by atomic mass is 9.98. The fraction of sp³-hybridized carbons (Fsp3) is 0.600. The Kier molecular flexibility index (Phi) is 3.51. The van der Waals surface area contributed by atoms with Crippen molar-refractivity contribution in [1.82, 2.24) is 14.3 Å². The molecule has 0 bridgehead atoms. The Morgan fingerprint density at radius 1 is 1.44 bits per heavy atom. The highest BCUT2D eigenvalue weighted by molar-refractivity contribution is 7.89. The first-order valence-electron chi connectivity index (χ1n) is 5.67. The molecule has 0 saturated carbocycles. The van der Waals surface area contributed by atoms with E-state index in [1.165, 1.54) is 16.7 Å². The van der Waals surface area contributed by atoms with E-state index in [0.717, 1.165) is 0 Å². The van der Waals surface area contributed by atoms with Gasteiger partial charge in [-0.15, -0.1) is 0 Å². The summed E-state index contributed by atoms with van der Waals surface area (Å²) in [7, 11) is -3.64. The number of aliphatic hydroxyl groups is 1. The van der Waals surface area contributed by atoms with Gasteiger partial charge in [-0.2, -0.15) is 4.31 Å². The Morgan fingerprint density at radius 2 is 2.06 bits per heavy atom. The van der Waals surface area contributed by atoms with Crippen LogP contribution in [0.4, 0.5) is 5.95 Å². The number of sulfonamides is 1. The second-order valence-corrected chi connectivity index (χ2v) is 6.41. The molecule has 1 saturated heterocycles. The number of hydrogen-bond acceptors (Lipinski definition) is 6. The summed E-state index contributed by atoms with van der Waals surface area (Å²) in [6, 6.07) is 0. The highest BCUT2D eigenvalue weighted by Gasteiger charge is 2.33. The highest BCUT2D eigenvalue weighted by Crippen LogP contribution is 2.23. The van der Waals surface area contributed by atoms with Crippen LogP contribution in [0.3, 0.4) is 0 Å². The summed E-state index contributed by atoms with van der Waals surface area (Å²) in [5.41, 5.74) is 5.32. The minimum Gasteiger partial charge on any atom is -0.391 e. The molecule has 0 radical (unpaired) electrons. The third kappa shape index (κ3) is 2.45. The van der Waals surface area contributed by atoms with E-state index in [1.54, 1.807) is 0 Å². The van der Waals surface area contributed by atoms with E-state index < -0.39 is 16.1 Å². The fourth-order valence-electron chi connectivity index (χ4n) is 1.85. The standard InChI is InChI=1S/C10H16N4O3S/c1-7-2-3-14(6-9(7)15)18(16,17)8-4-12-10(11)13-5-8/h4-5,7,9,15H,2-3,6H2,1H3,(H2,11,12,13). The molecule has 1 aliphatic heterocycles. The molecule has 2 unspecified atom stereocenters. The molecule has 0 amide bonds. The molecule has 18 heavy (non-hydrogen) atoms. The molecule has 2 atom stereocenters. The maximum absolute atomic E-state index is 12.2. The van der Waals surface area contributed by atoms with Gasteiger partial charge in [0.2, 0.25) is 16.0 Å². The van der Waals surface area contributed by atoms with Crippen molar-refractivity contribution < 1.29 is 13.5 Å². The van der Waals surface area contributed by atoms with Gasteiger partial charge in [-0.3, -0.25) is 0 Å². The Labute approximate surface area is 106 Å². The maximum Gasteiger partial charge on any atom is 0.246 e. The van der Waals surface area contributed by atoms with E-state index in [1.807, 2.05) is 6.92 Å². The molecule has 8 heteroatoms. The van der Waals surface area contributed by atoms with Gasteiger partial charge in [-0.05, 0) is 12.3 Å². The molecular formula is C10H16N4O3S. The van der Waals surface area contributed by atoms with Gasteiger partial charge in [0.15, 0.2) is 0 Å². The fourth-order valence-corrected chi connectivity index (χ4v) is 3.21. The number of nitrogen functional groups attached to an aromatic ring is 1. The van der Waals surface area contributed by atoms with Crippen molar-refractivity contribution >= 4 is 16.0 Å². The smallest absolute Gasteiger partial charge is 0.246 e. The SMILES string of the molecule is CC1CCN(S(=O)(=O)c2cnc(N)nc2)CC1O. The van der Waals surface area contributed by atoms with Gasteiger partial charge in [0, 0.05) is 13.1 Å². The Balaban J connectivity index is 2.24. The highest BCUT2D eigenvalue weighted by atomic mass is 32.2. The lowest BCUT2D eigenvalue weighted by Gasteiger charge is -2.33. The van der Waals surface area contributed by atoms with Gasteiger partial charge < -0.3 is 10.8 Å². The zero-order valence-corrected chi connectivity index (χ0v) is 10.8. The van der Waals surface area contributed by atoms with E-state index in [4.69, 9.17) is 5.73 Å². The normalized spacial score (nSPS) is 26.1. The Morgan fingerprint density at radius 3 is 2.61 bits per heavy atom. The zero-order valence-electron chi connectivity index (χ0n) is 10.0. The van der Waals surface area contributed by atoms with Gasteiger partial charge in [0.1, 0.15) is 4.90 Å². The monoisotopic (exact) mass is 272 g/mol. The number of aliphatic hydroxyl groups excluding tert-OH is 1. The second-order valence-electron chi connectivity index (χ2n) is 4.47. The first kappa shape index (κ1) is 13.2. The number of hydrogen-bond donors (Lipinski definition) is 2. The molecule has 2 rings (SSSR count). The number of piperidine rings is 1. The summed E-state index contributed by atoms with van der Waals surface area (Å²) in [5.74, 6) is 0.139. The summed E-state index contributed by atoms with van der Waals surface area (Å²) in [6.45, 7) is 2.40. The molecule has 0 spiro atoms. The average molecular weight is 272 g/mol. The second kappa shape index (κ2) is 4.79. The van der Waals surface area contributed by atoms with Crippen LogP contribution in [0.1, 0.15) is 13.3 Å². The molecule has 3 N–H and O–H groups in total. The van der Waals surface area contributed by atoms with E-state index in [2.05, 4.69) is 9.97 Å². The molecule has 0 aromatic carbocycles. The lowest BCUT2D eigenvalue weighted by molar-refractivity contribution is 0.0605. The minimum atomic E-state index is -3.64. The molecule has 0 aliphatic carbocycles. The summed E-state index contributed by atoms with van der Waals surface area (Å²) >= 11 is 0. The predicted octanol–water partition coefficient (Wildman–Crippen LogP) is -0.550. The largest absolute Gasteiger partial charge is 0.391 e. The zero-order chi connectivity index (χ0) is 13.3. The Hall–Kier alpha value is -1.25. The summed E-state index contributed by atoms with van der Waals surface area (Å²) in [4.78, 5) is 7.34. The molecule has 2 heterocycles. The van der Waals surface area contributed by atoms with Crippen LogP contribution >= 0.6 is 0 Å². The number of nitrogens with two attached hydrogens (primary N) is 1. The summed E-state index contributed by atoms with van der Waals surface area (Å²) in [5, 5.41) is 9.75. The minimum absolute atomic E-state index is 0.00143. The van der Waals surface area contributed by atoms with Crippen molar-refractivity contribution in [3.05, 3.63) is 12.4 Å². The van der Waals surface area contributed by atoms with Crippen LogP contribution in [0, 0.1) is 5.92 Å². The van der Waals surface area contributed by atoms with E-state index in [-0.39, 0.29) is 23.3 Å². The van der Waals surface area contributed by atoms with Gasteiger partial charge in [0.25, 0.3) is 0 Å². The van der Waals surface area contributed by atoms with Crippen molar-refractivity contribution in [2.24, 2.45) is 5.92 Å². The lowest BCUT2D eigenvalue weighted by Crippen LogP contribution is -2.45. The summed E-state index contributed by atoms with van der Waals surface area (Å²) < 4.78 is 25.7. The van der Waals surface area contributed by atoms with Gasteiger partial charge >= 0.3 is 0 Å². The van der Waals surface area contributed by atoms with Crippen molar-refractivity contribution in [2.75, 3.05) is 18.8 Å². The van der Waals surface area contributed by atoms with Crippen molar-refractivity contribution in [3.8, 4) is 0 Å². The summed E-state index contributed by atoms with van der Waals surface area (Å²) in [6.07, 6.45) is 2.36. The molecule has 7 nitrogen and oxygen atoms in total. The number of rotatable bonds is 2. The molecular weight excluding hydrogens is 256 g/mol. The van der Waals surface area contributed by atoms with Crippen LogP contribution in [0.2, 0.25) is 0 Å². The van der Waals surface area contributed by atoms with E-state index in [0.29, 0.717) is 13.0 Å². The average Bonchev–Trinajstić information content (AvgIpc) is 2.33. The number of aromatic nitrogens is 2. The van der Waals surface area contributed by atoms with E-state index >= 15 is 0 Å². The van der Waals surface area contributed by atoms with Crippen molar-refractivity contribution in [3.63, 3.8) is 0 Å². The van der Waals surface area contributed by atoms with Crippen LogP contribution in [0.15, 0.2) is 17.3 Å². The van der Waals surface area contributed by atoms with E-state index in [9.17, 15) is 13.5 Å². The van der Waals surface area contributed by atoms with Gasteiger partial charge in [-0.1, -0.05) is 6.92 Å². The molecule has 1 aromatic heterocycles. The van der Waals surface area contributed by atoms with Crippen LogP contribution in [-0.2, 0) is 10.0 Å². The molecule has 1 aromatic rings. The predicted molar refractivity (Wildman–Crippen MR) is 65.0 cm³/mol. The first-order valence-corrected chi connectivity index (χ1v) is 7.11. The van der Waals surface area contributed by atoms with Crippen LogP contribution in [0.5, 0.6) is 0 Å². The first-order chi connectivity index (χ1) is 8.41. The topological polar surface area (TPSA) is 109 Å². The Bertz CT molecular complexity index is 516. The molecule has 1 aliphatic rings. The maximum atomic E-state index is 12.2. The third-order valence-electron chi connectivity index (χ3n) is 3.17. The molecule has 100 valence electrons. The number of β-amino-alcohol motifs (C(OH)–C–C–N with tert-alkyl or cyclic N) is 1. The van der Waals surface area contributed by atoms with Gasteiger partial charge in [0.05, 0.1) is 18.5 Å². The van der Waals surface area contributed by atoms with Crippen LogP contribution < -0.4 is 5.73 Å². The molecule has 1 fully saturated rings.